The molecule has 2 N–H and O–H groups in total. The first-order valence-corrected chi connectivity index (χ1v) is 11.2. The van der Waals surface area contributed by atoms with Crippen LogP contribution in [0.15, 0.2) is 71.6 Å². The van der Waals surface area contributed by atoms with E-state index in [1.54, 1.807) is 54.6 Å². The van der Waals surface area contributed by atoms with Crippen molar-refractivity contribution in [3.05, 3.63) is 78.1 Å². The summed E-state index contributed by atoms with van der Waals surface area (Å²) < 4.78 is 68.2. The smallest absolute Gasteiger partial charge is 0.406 e. The highest BCUT2D eigenvalue weighted by atomic mass is 32.2. The molecular weight excluding hydrogens is 455 g/mol. The molecule has 4 rings (SSSR count). The quantitative estimate of drug-likeness (QED) is 0.403. The molecule has 170 valence electrons. The van der Waals surface area contributed by atoms with Crippen molar-refractivity contribution >= 4 is 33.2 Å². The van der Waals surface area contributed by atoms with Gasteiger partial charge in [-0.3, -0.25) is 0 Å². The first kappa shape index (κ1) is 22.6. The topological polar surface area (TPSA) is 84.1 Å². The third-order valence-corrected chi connectivity index (χ3v) is 6.26. The number of aromatic nitrogens is 2. The van der Waals surface area contributed by atoms with Gasteiger partial charge >= 0.3 is 6.36 Å². The molecule has 0 spiro atoms. The average molecular weight is 473 g/mol. The van der Waals surface area contributed by atoms with Crippen molar-refractivity contribution in [3.8, 4) is 16.9 Å². The lowest BCUT2D eigenvalue weighted by atomic mass is 10.1. The number of hydrogen-bond acceptors (Lipinski definition) is 4. The maximum Gasteiger partial charge on any atom is 0.573 e. The van der Waals surface area contributed by atoms with Crippen molar-refractivity contribution in [1.29, 1.82) is 0 Å². The lowest BCUT2D eigenvalue weighted by molar-refractivity contribution is -0.274. The molecule has 1 aromatic heterocycles. The molecule has 4 aromatic rings. The Balaban J connectivity index is 1.64. The highest BCUT2D eigenvalue weighted by molar-refractivity contribution is 7.89. The Kier molecular flexibility index (Phi) is 5.96. The van der Waals surface area contributed by atoms with Gasteiger partial charge in [-0.2, -0.15) is 0 Å². The number of imidazole rings is 1. The Bertz CT molecular complexity index is 1440. The summed E-state index contributed by atoms with van der Waals surface area (Å²) in [5.41, 5.74) is 3.05. The highest BCUT2D eigenvalue weighted by Gasteiger charge is 2.31. The van der Waals surface area contributed by atoms with Gasteiger partial charge in [0.2, 0.25) is 10.0 Å². The van der Waals surface area contributed by atoms with Crippen LogP contribution in [0.1, 0.15) is 11.4 Å². The number of sulfonamides is 1. The fourth-order valence-corrected chi connectivity index (χ4v) is 4.26. The van der Waals surface area contributed by atoms with Gasteiger partial charge in [0.05, 0.1) is 15.9 Å². The predicted octanol–water partition coefficient (Wildman–Crippen LogP) is 5.21. The molecule has 0 aliphatic rings. The lowest BCUT2D eigenvalue weighted by Crippen LogP contribution is -2.19. The molecule has 0 fully saturated rings. The number of H-pyrrole nitrogens is 1. The molecule has 0 amide bonds. The van der Waals surface area contributed by atoms with Crippen molar-refractivity contribution in [2.24, 2.45) is 0 Å². The Morgan fingerprint density at radius 3 is 2.55 bits per heavy atom. The number of nitrogens with one attached hydrogen (secondary N) is 2. The molecule has 0 saturated heterocycles. The largest absolute Gasteiger partial charge is 0.573 e. The first-order valence-electron chi connectivity index (χ1n) is 9.71. The summed E-state index contributed by atoms with van der Waals surface area (Å²) in [5.74, 6) is 0.175. The number of ether oxygens (including phenoxy) is 1. The molecule has 0 aliphatic heterocycles. The predicted molar refractivity (Wildman–Crippen MR) is 120 cm³/mol. The van der Waals surface area contributed by atoms with E-state index in [1.807, 2.05) is 0 Å². The van der Waals surface area contributed by atoms with Gasteiger partial charge in [0, 0.05) is 5.56 Å². The van der Waals surface area contributed by atoms with Gasteiger partial charge < -0.3 is 9.72 Å². The van der Waals surface area contributed by atoms with E-state index in [1.165, 1.54) is 31.3 Å². The maximum absolute atomic E-state index is 12.4. The Labute approximate surface area is 187 Å². The molecule has 3 aromatic carbocycles. The van der Waals surface area contributed by atoms with Crippen LogP contribution in [0.5, 0.6) is 5.75 Å². The summed E-state index contributed by atoms with van der Waals surface area (Å²) in [4.78, 5) is 7.76. The van der Waals surface area contributed by atoms with E-state index < -0.39 is 16.4 Å². The summed E-state index contributed by atoms with van der Waals surface area (Å²) >= 11 is 0. The van der Waals surface area contributed by atoms with Crippen molar-refractivity contribution in [2.45, 2.75) is 11.3 Å². The summed E-state index contributed by atoms with van der Waals surface area (Å²) in [7, 11) is -2.30. The zero-order valence-electron chi connectivity index (χ0n) is 17.2. The van der Waals surface area contributed by atoms with E-state index in [9.17, 15) is 21.6 Å². The SMILES string of the molecule is CNS(=O)(=O)c1ccccc1-c1ccc2[nH]c(C=Cc3cccc(OC(F)(F)F)c3)nc2c1. The molecular formula is C23H18F3N3O3S. The van der Waals surface area contributed by atoms with Crippen LogP contribution in [0, 0.1) is 0 Å². The minimum absolute atomic E-state index is 0.156. The standard InChI is InChI=1S/C23H18F3N3O3S/c1-27-33(30,31)21-8-3-2-7-18(21)16-10-11-19-20(14-16)29-22(28-19)12-9-15-5-4-6-17(13-15)32-23(24,25)26/h2-14,27H,1H3,(H,28,29). The number of hydrogen-bond donors (Lipinski definition) is 2. The molecule has 10 heteroatoms. The van der Waals surface area contributed by atoms with Crippen molar-refractivity contribution < 1.29 is 26.3 Å². The van der Waals surface area contributed by atoms with E-state index in [2.05, 4.69) is 19.4 Å². The minimum atomic E-state index is -4.76. The number of nitrogens with zero attached hydrogens (tertiary/aromatic N) is 1. The summed E-state index contributed by atoms with van der Waals surface area (Å²) in [5, 5.41) is 0. The molecule has 0 atom stereocenters. The van der Waals surface area contributed by atoms with Gasteiger partial charge in [-0.1, -0.05) is 42.5 Å². The van der Waals surface area contributed by atoms with Crippen LogP contribution in [0.25, 0.3) is 34.3 Å². The Morgan fingerprint density at radius 1 is 1.00 bits per heavy atom. The van der Waals surface area contributed by atoms with E-state index in [0.717, 1.165) is 5.52 Å². The van der Waals surface area contributed by atoms with Gasteiger partial charge in [0.1, 0.15) is 11.6 Å². The van der Waals surface area contributed by atoms with Gasteiger partial charge in [-0.15, -0.1) is 13.2 Å². The van der Waals surface area contributed by atoms with Crippen LogP contribution in [0.2, 0.25) is 0 Å². The van der Waals surface area contributed by atoms with Gasteiger partial charge in [-0.05, 0) is 54.6 Å². The Morgan fingerprint density at radius 2 is 1.79 bits per heavy atom. The molecule has 6 nitrogen and oxygen atoms in total. The summed E-state index contributed by atoms with van der Waals surface area (Å²) in [6, 6.07) is 17.6. The van der Waals surface area contributed by atoms with Crippen LogP contribution in [-0.2, 0) is 10.0 Å². The fraction of sp³-hybridized carbons (Fsp3) is 0.0870. The van der Waals surface area contributed by atoms with Crippen LogP contribution in [0.4, 0.5) is 13.2 Å². The fourth-order valence-electron chi connectivity index (χ4n) is 3.31. The van der Waals surface area contributed by atoms with Crippen LogP contribution >= 0.6 is 0 Å². The number of alkyl halides is 3. The van der Waals surface area contributed by atoms with E-state index in [-0.39, 0.29) is 10.6 Å². The number of benzene rings is 3. The molecule has 0 radical (unpaired) electrons. The zero-order chi connectivity index (χ0) is 23.6. The van der Waals surface area contributed by atoms with Crippen LogP contribution < -0.4 is 9.46 Å². The molecule has 1 heterocycles. The molecule has 0 aliphatic carbocycles. The molecule has 33 heavy (non-hydrogen) atoms. The number of rotatable bonds is 6. The third-order valence-electron chi connectivity index (χ3n) is 4.78. The maximum atomic E-state index is 12.4. The monoisotopic (exact) mass is 473 g/mol. The summed E-state index contributed by atoms with van der Waals surface area (Å²) in [6.07, 6.45) is -1.52. The van der Waals surface area contributed by atoms with Gasteiger partial charge in [-0.25, -0.2) is 18.1 Å². The van der Waals surface area contributed by atoms with E-state index in [0.29, 0.717) is 28.0 Å². The molecule has 0 unspecified atom stereocenters. The zero-order valence-corrected chi connectivity index (χ0v) is 18.0. The van der Waals surface area contributed by atoms with Crippen LogP contribution in [-0.4, -0.2) is 31.8 Å². The van der Waals surface area contributed by atoms with Crippen molar-refractivity contribution in [3.63, 3.8) is 0 Å². The number of aromatic amines is 1. The average Bonchev–Trinajstić information content (AvgIpc) is 3.19. The van der Waals surface area contributed by atoms with Crippen molar-refractivity contribution in [1.82, 2.24) is 14.7 Å². The van der Waals surface area contributed by atoms with Crippen molar-refractivity contribution in [2.75, 3.05) is 7.05 Å². The lowest BCUT2D eigenvalue weighted by Gasteiger charge is -2.09. The normalized spacial score (nSPS) is 12.5. The van der Waals surface area contributed by atoms with E-state index >= 15 is 0 Å². The molecule has 0 bridgehead atoms. The van der Waals surface area contributed by atoms with Crippen LogP contribution in [0.3, 0.4) is 0 Å². The summed E-state index contributed by atoms with van der Waals surface area (Å²) in [6.45, 7) is 0. The van der Waals surface area contributed by atoms with Gasteiger partial charge in [0.25, 0.3) is 0 Å². The molecule has 0 saturated carbocycles. The third kappa shape index (κ3) is 5.24. The Hall–Kier alpha value is -3.63. The first-order chi connectivity index (χ1) is 15.6. The van der Waals surface area contributed by atoms with Gasteiger partial charge in [0.15, 0.2) is 0 Å². The second-order valence-corrected chi connectivity index (χ2v) is 8.87. The minimum Gasteiger partial charge on any atom is -0.406 e. The second kappa shape index (κ2) is 8.72. The highest BCUT2D eigenvalue weighted by Crippen LogP contribution is 2.29. The number of halogens is 3. The second-order valence-electron chi connectivity index (χ2n) is 7.01. The number of fused-ring (bicyclic) bond motifs is 1. The van der Waals surface area contributed by atoms with E-state index in [4.69, 9.17) is 0 Å².